The molecule has 2 aromatic rings. The van der Waals surface area contributed by atoms with Gasteiger partial charge in [-0.1, -0.05) is 18.2 Å². The number of hydrogen-bond donors (Lipinski definition) is 1. The van der Waals surface area contributed by atoms with Crippen molar-refractivity contribution in [3.05, 3.63) is 48.3 Å². The predicted molar refractivity (Wildman–Crippen MR) is 118 cm³/mol. The van der Waals surface area contributed by atoms with Crippen molar-refractivity contribution < 1.29 is 9.47 Å². The molecule has 2 fully saturated rings. The minimum absolute atomic E-state index is 0.294. The van der Waals surface area contributed by atoms with Gasteiger partial charge in [-0.05, 0) is 44.2 Å². The summed E-state index contributed by atoms with van der Waals surface area (Å²) in [5.74, 6) is 0.941. The van der Waals surface area contributed by atoms with Crippen LogP contribution in [-0.4, -0.2) is 66.2 Å². The topological polar surface area (TPSA) is 63.9 Å². The fourth-order valence-corrected chi connectivity index (χ4v) is 4.10. The van der Waals surface area contributed by atoms with Crippen LogP contribution < -0.4 is 5.32 Å². The number of para-hydroxylation sites is 1. The number of hydrogen-bond acceptors (Lipinski definition) is 4. The predicted octanol–water partition coefficient (Wildman–Crippen LogP) is 3.00. The van der Waals surface area contributed by atoms with Crippen molar-refractivity contribution >= 4 is 5.96 Å². The fraction of sp³-hybridized carbons (Fsp3) is 0.565. The molecule has 2 saturated heterocycles. The zero-order valence-electron chi connectivity index (χ0n) is 17.9. The summed E-state index contributed by atoms with van der Waals surface area (Å²) in [5.41, 5.74) is 2.19. The number of ether oxygens (including phenoxy) is 2. The Balaban J connectivity index is 1.21. The standard InChI is InChI=1S/C23H33N5O2/c1-24-23(25-15-19-16-26-28(17-19)20-7-3-2-4-8-20)27-12-10-21(11-13-27)30-18-22-9-5-6-14-29-22/h2-4,7-8,16-17,21-22H,5-6,9-15,18H2,1H3,(H,24,25). The Kier molecular flexibility index (Phi) is 7.37. The number of guanidine groups is 1. The molecule has 7 nitrogen and oxygen atoms in total. The molecule has 30 heavy (non-hydrogen) atoms. The van der Waals surface area contributed by atoms with Crippen LogP contribution in [0.5, 0.6) is 0 Å². The largest absolute Gasteiger partial charge is 0.376 e. The van der Waals surface area contributed by atoms with Crippen molar-refractivity contribution in [2.24, 2.45) is 4.99 Å². The molecule has 0 radical (unpaired) electrons. The Hall–Kier alpha value is -2.38. The first-order valence-electron chi connectivity index (χ1n) is 11.1. The van der Waals surface area contributed by atoms with Gasteiger partial charge in [0.2, 0.25) is 0 Å². The molecule has 1 aromatic heterocycles. The summed E-state index contributed by atoms with van der Waals surface area (Å²) in [6.45, 7) is 4.25. The van der Waals surface area contributed by atoms with E-state index < -0.39 is 0 Å². The number of likely N-dealkylation sites (tertiary alicyclic amines) is 1. The third-order valence-electron chi connectivity index (χ3n) is 5.85. The minimum Gasteiger partial charge on any atom is -0.376 e. The molecular weight excluding hydrogens is 378 g/mol. The van der Waals surface area contributed by atoms with Crippen molar-refractivity contribution in [1.29, 1.82) is 0 Å². The second kappa shape index (κ2) is 10.6. The SMILES string of the molecule is CN=C(NCc1cnn(-c2ccccc2)c1)N1CCC(OCC2CCCCO2)CC1. The number of benzene rings is 1. The van der Waals surface area contributed by atoms with Gasteiger partial charge in [0.1, 0.15) is 0 Å². The number of aromatic nitrogens is 2. The van der Waals surface area contributed by atoms with Crippen molar-refractivity contribution in [1.82, 2.24) is 20.0 Å². The van der Waals surface area contributed by atoms with Crippen LogP contribution >= 0.6 is 0 Å². The van der Waals surface area contributed by atoms with Gasteiger partial charge in [0.25, 0.3) is 0 Å². The van der Waals surface area contributed by atoms with Crippen LogP contribution in [0.3, 0.4) is 0 Å². The number of nitrogens with zero attached hydrogens (tertiary/aromatic N) is 4. The van der Waals surface area contributed by atoms with Crippen molar-refractivity contribution in [2.45, 2.75) is 50.9 Å². The van der Waals surface area contributed by atoms with E-state index in [2.05, 4.69) is 38.6 Å². The molecule has 1 aromatic carbocycles. The third kappa shape index (κ3) is 5.61. The van der Waals surface area contributed by atoms with Crippen molar-refractivity contribution in [3.8, 4) is 5.69 Å². The van der Waals surface area contributed by atoms with E-state index in [-0.39, 0.29) is 0 Å². The summed E-state index contributed by atoms with van der Waals surface area (Å²) in [5, 5.41) is 7.95. The molecule has 162 valence electrons. The van der Waals surface area contributed by atoms with E-state index in [1.165, 1.54) is 12.8 Å². The molecule has 0 bridgehead atoms. The van der Waals surface area contributed by atoms with Crippen LogP contribution in [-0.2, 0) is 16.0 Å². The molecule has 1 unspecified atom stereocenters. The summed E-state index contributed by atoms with van der Waals surface area (Å²) in [7, 11) is 1.85. The van der Waals surface area contributed by atoms with Crippen LogP contribution in [0.2, 0.25) is 0 Å². The summed E-state index contributed by atoms with van der Waals surface area (Å²) in [4.78, 5) is 6.80. The van der Waals surface area contributed by atoms with Gasteiger partial charge >= 0.3 is 0 Å². The number of piperidine rings is 1. The molecule has 1 N–H and O–H groups in total. The average molecular weight is 412 g/mol. The number of nitrogens with one attached hydrogen (secondary N) is 1. The second-order valence-electron chi connectivity index (χ2n) is 8.04. The zero-order chi connectivity index (χ0) is 20.6. The molecule has 2 aliphatic rings. The first-order valence-corrected chi connectivity index (χ1v) is 11.1. The van der Waals surface area contributed by atoms with Crippen molar-refractivity contribution in [3.63, 3.8) is 0 Å². The van der Waals surface area contributed by atoms with E-state index >= 15 is 0 Å². The summed E-state index contributed by atoms with van der Waals surface area (Å²) in [6, 6.07) is 10.2. The molecule has 0 aliphatic carbocycles. The van der Waals surface area contributed by atoms with E-state index in [0.717, 1.165) is 62.8 Å². The highest BCUT2D eigenvalue weighted by Crippen LogP contribution is 2.18. The zero-order valence-corrected chi connectivity index (χ0v) is 17.9. The van der Waals surface area contributed by atoms with Gasteiger partial charge in [-0.25, -0.2) is 4.68 Å². The summed E-state index contributed by atoms with van der Waals surface area (Å²) >= 11 is 0. The maximum Gasteiger partial charge on any atom is 0.193 e. The molecule has 3 heterocycles. The Labute approximate surface area is 179 Å². The fourth-order valence-electron chi connectivity index (χ4n) is 4.10. The van der Waals surface area contributed by atoms with Gasteiger partial charge in [0.15, 0.2) is 5.96 Å². The molecule has 1 atom stereocenters. The van der Waals surface area contributed by atoms with Gasteiger partial charge < -0.3 is 19.7 Å². The Morgan fingerprint density at radius 1 is 1.20 bits per heavy atom. The number of aliphatic imine (C=N–C) groups is 1. The second-order valence-corrected chi connectivity index (χ2v) is 8.04. The van der Waals surface area contributed by atoms with Gasteiger partial charge in [-0.2, -0.15) is 5.10 Å². The Morgan fingerprint density at radius 2 is 2.03 bits per heavy atom. The Morgan fingerprint density at radius 3 is 2.77 bits per heavy atom. The van der Waals surface area contributed by atoms with E-state index in [9.17, 15) is 0 Å². The lowest BCUT2D eigenvalue weighted by molar-refractivity contribution is -0.0721. The van der Waals surface area contributed by atoms with E-state index in [1.807, 2.05) is 36.1 Å². The summed E-state index contributed by atoms with van der Waals surface area (Å²) in [6.07, 6.45) is 10.2. The van der Waals surface area contributed by atoms with Crippen LogP contribution in [0, 0.1) is 0 Å². The van der Waals surface area contributed by atoms with E-state index in [1.54, 1.807) is 0 Å². The van der Waals surface area contributed by atoms with Gasteiger partial charge in [0, 0.05) is 45.0 Å². The minimum atomic E-state index is 0.294. The third-order valence-corrected chi connectivity index (χ3v) is 5.85. The quantitative estimate of drug-likeness (QED) is 0.585. The average Bonchev–Trinajstić information content (AvgIpc) is 3.29. The van der Waals surface area contributed by atoms with Gasteiger partial charge in [-0.15, -0.1) is 0 Å². The maximum absolute atomic E-state index is 6.14. The van der Waals surface area contributed by atoms with Gasteiger partial charge in [0.05, 0.1) is 30.7 Å². The highest BCUT2D eigenvalue weighted by atomic mass is 16.5. The van der Waals surface area contributed by atoms with Crippen LogP contribution in [0.15, 0.2) is 47.7 Å². The lowest BCUT2D eigenvalue weighted by Gasteiger charge is -2.35. The maximum atomic E-state index is 6.14. The molecule has 0 spiro atoms. The molecule has 2 aliphatic heterocycles. The lowest BCUT2D eigenvalue weighted by atomic mass is 10.1. The summed E-state index contributed by atoms with van der Waals surface area (Å²) < 4.78 is 13.8. The number of rotatable bonds is 6. The molecule has 0 amide bonds. The normalized spacial score (nSPS) is 21.0. The smallest absolute Gasteiger partial charge is 0.193 e. The molecule has 7 heteroatoms. The van der Waals surface area contributed by atoms with Crippen LogP contribution in [0.4, 0.5) is 0 Å². The highest BCUT2D eigenvalue weighted by molar-refractivity contribution is 5.79. The first-order chi connectivity index (χ1) is 14.8. The Bertz CT molecular complexity index is 793. The highest BCUT2D eigenvalue weighted by Gasteiger charge is 2.23. The monoisotopic (exact) mass is 411 g/mol. The molecule has 4 rings (SSSR count). The molecular formula is C23H33N5O2. The first kappa shape index (κ1) is 20.9. The van der Waals surface area contributed by atoms with Crippen LogP contribution in [0.25, 0.3) is 5.69 Å². The van der Waals surface area contributed by atoms with E-state index in [0.29, 0.717) is 18.8 Å². The lowest BCUT2D eigenvalue weighted by Crippen LogP contribution is -2.47. The van der Waals surface area contributed by atoms with Crippen LogP contribution in [0.1, 0.15) is 37.7 Å². The van der Waals surface area contributed by atoms with Crippen molar-refractivity contribution in [2.75, 3.05) is 33.4 Å². The molecule has 0 saturated carbocycles. The van der Waals surface area contributed by atoms with Gasteiger partial charge in [-0.3, -0.25) is 4.99 Å². The van der Waals surface area contributed by atoms with E-state index in [4.69, 9.17) is 9.47 Å².